The molecular formula is C17H16Cl2N4O2S. The number of likely N-dealkylation sites (N-methyl/N-ethyl adjacent to an activating group) is 1. The van der Waals surface area contributed by atoms with E-state index in [9.17, 15) is 9.59 Å². The summed E-state index contributed by atoms with van der Waals surface area (Å²) in [7, 11) is 1.77. The van der Waals surface area contributed by atoms with E-state index in [1.807, 2.05) is 12.3 Å². The van der Waals surface area contributed by atoms with E-state index in [2.05, 4.69) is 10.3 Å². The van der Waals surface area contributed by atoms with Gasteiger partial charge in [-0.2, -0.15) is 0 Å². The number of para-hydroxylation sites is 1. The first-order chi connectivity index (χ1) is 12.3. The molecule has 3 aromatic rings. The minimum atomic E-state index is -0.257. The van der Waals surface area contributed by atoms with Crippen LogP contribution in [-0.4, -0.2) is 33.8 Å². The summed E-state index contributed by atoms with van der Waals surface area (Å²) in [5.74, 6) is -0.257. The summed E-state index contributed by atoms with van der Waals surface area (Å²) in [6, 6.07) is 6.51. The molecule has 1 aromatic carbocycles. The number of anilines is 1. The van der Waals surface area contributed by atoms with Crippen LogP contribution >= 0.6 is 34.5 Å². The molecule has 6 nitrogen and oxygen atoms in total. The number of aromatic nitrogens is 2. The molecule has 1 N–H and O–H groups in total. The number of halogens is 2. The number of thiazole rings is 1. The van der Waals surface area contributed by atoms with Gasteiger partial charge in [0, 0.05) is 23.7 Å². The number of amides is 1. The Morgan fingerprint density at radius 1 is 1.35 bits per heavy atom. The molecular weight excluding hydrogens is 395 g/mol. The summed E-state index contributed by atoms with van der Waals surface area (Å²) >= 11 is 13.5. The molecule has 0 saturated carbocycles. The lowest BCUT2D eigenvalue weighted by atomic mass is 10.3. The van der Waals surface area contributed by atoms with Gasteiger partial charge in [-0.05, 0) is 26.1 Å². The predicted molar refractivity (Wildman–Crippen MR) is 106 cm³/mol. The lowest BCUT2D eigenvalue weighted by Gasteiger charge is -2.16. The smallest absolute Gasteiger partial charge is 0.259 e. The van der Waals surface area contributed by atoms with Crippen LogP contribution in [-0.2, 0) is 11.3 Å². The summed E-state index contributed by atoms with van der Waals surface area (Å²) in [5, 5.41) is 5.35. The molecule has 2 heterocycles. The third kappa shape index (κ3) is 4.07. The Bertz CT molecular complexity index is 1010. The first-order valence-electron chi connectivity index (χ1n) is 7.74. The highest BCUT2D eigenvalue weighted by molar-refractivity contribution is 7.15. The van der Waals surface area contributed by atoms with Crippen molar-refractivity contribution < 1.29 is 4.79 Å². The van der Waals surface area contributed by atoms with Gasteiger partial charge in [-0.15, -0.1) is 11.3 Å². The summed E-state index contributed by atoms with van der Waals surface area (Å²) in [5.41, 5.74) is 1.74. The quantitative estimate of drug-likeness (QED) is 0.699. The molecule has 0 saturated heterocycles. The second kappa shape index (κ2) is 7.75. The molecule has 2 aromatic heterocycles. The van der Waals surface area contributed by atoms with Gasteiger partial charge in [0.2, 0.25) is 5.91 Å². The number of hydrogen-bond donors (Lipinski definition) is 1. The standard InChI is InChI=1S/C17H16Cl2N4O2S/c1-10-9-26-17-20-11(6-15(25)23(10)17)7-22(2)8-14(24)21-16-12(18)4-3-5-13(16)19/h3-6,9H,7-8H2,1-2H3,(H,21,24). The van der Waals surface area contributed by atoms with Crippen LogP contribution in [0.5, 0.6) is 0 Å². The Balaban J connectivity index is 1.68. The van der Waals surface area contributed by atoms with Crippen molar-refractivity contribution in [1.82, 2.24) is 14.3 Å². The molecule has 1 amide bonds. The second-order valence-corrected chi connectivity index (χ2v) is 7.55. The molecule has 0 radical (unpaired) electrons. The monoisotopic (exact) mass is 410 g/mol. The molecule has 0 bridgehead atoms. The Morgan fingerprint density at radius 2 is 2.04 bits per heavy atom. The third-order valence-corrected chi connectivity index (χ3v) is 5.27. The maximum Gasteiger partial charge on any atom is 0.259 e. The first kappa shape index (κ1) is 18.8. The van der Waals surface area contributed by atoms with Crippen molar-refractivity contribution in [2.24, 2.45) is 0 Å². The predicted octanol–water partition coefficient (Wildman–Crippen LogP) is 3.44. The zero-order valence-electron chi connectivity index (χ0n) is 14.1. The average molecular weight is 411 g/mol. The van der Waals surface area contributed by atoms with E-state index in [0.717, 1.165) is 5.69 Å². The molecule has 136 valence electrons. The van der Waals surface area contributed by atoms with E-state index >= 15 is 0 Å². The molecule has 0 fully saturated rings. The van der Waals surface area contributed by atoms with Crippen molar-refractivity contribution >= 4 is 51.1 Å². The highest BCUT2D eigenvalue weighted by Gasteiger charge is 2.13. The fourth-order valence-electron chi connectivity index (χ4n) is 2.56. The fourth-order valence-corrected chi connectivity index (χ4v) is 3.94. The van der Waals surface area contributed by atoms with Crippen LogP contribution in [0.15, 0.2) is 34.4 Å². The number of nitrogens with one attached hydrogen (secondary N) is 1. The van der Waals surface area contributed by atoms with E-state index in [1.165, 1.54) is 17.4 Å². The maximum atomic E-state index is 12.2. The second-order valence-electron chi connectivity index (χ2n) is 5.90. The van der Waals surface area contributed by atoms with Crippen LogP contribution in [0.25, 0.3) is 4.96 Å². The summed E-state index contributed by atoms with van der Waals surface area (Å²) in [6.07, 6.45) is 0. The molecule has 3 rings (SSSR count). The molecule has 0 aliphatic heterocycles. The number of nitrogens with zero attached hydrogens (tertiary/aromatic N) is 3. The number of benzene rings is 1. The van der Waals surface area contributed by atoms with Gasteiger partial charge in [-0.25, -0.2) is 4.98 Å². The Kier molecular flexibility index (Phi) is 5.62. The highest BCUT2D eigenvalue weighted by Crippen LogP contribution is 2.29. The zero-order chi connectivity index (χ0) is 18.8. The van der Waals surface area contributed by atoms with Crippen LogP contribution in [0.3, 0.4) is 0 Å². The van der Waals surface area contributed by atoms with Gasteiger partial charge >= 0.3 is 0 Å². The Morgan fingerprint density at radius 3 is 2.73 bits per heavy atom. The van der Waals surface area contributed by atoms with Gasteiger partial charge in [0.15, 0.2) is 4.96 Å². The van der Waals surface area contributed by atoms with Crippen LogP contribution < -0.4 is 10.9 Å². The van der Waals surface area contributed by atoms with Crippen molar-refractivity contribution in [2.75, 3.05) is 18.9 Å². The Labute approximate surface area is 164 Å². The van der Waals surface area contributed by atoms with Crippen LogP contribution in [0.4, 0.5) is 5.69 Å². The van der Waals surface area contributed by atoms with E-state index in [-0.39, 0.29) is 18.0 Å². The lowest BCUT2D eigenvalue weighted by Crippen LogP contribution is -2.30. The Hall–Kier alpha value is -1.93. The van der Waals surface area contributed by atoms with Crippen LogP contribution in [0, 0.1) is 6.92 Å². The summed E-state index contributed by atoms with van der Waals surface area (Å²) in [6.45, 7) is 2.33. The summed E-state index contributed by atoms with van der Waals surface area (Å²) in [4.78, 5) is 31.3. The summed E-state index contributed by atoms with van der Waals surface area (Å²) < 4.78 is 1.57. The van der Waals surface area contributed by atoms with Gasteiger partial charge in [-0.3, -0.25) is 18.9 Å². The van der Waals surface area contributed by atoms with Gasteiger partial charge in [-0.1, -0.05) is 29.3 Å². The normalized spacial score (nSPS) is 11.3. The molecule has 0 atom stereocenters. The fraction of sp³-hybridized carbons (Fsp3) is 0.235. The van der Waals surface area contributed by atoms with E-state index in [1.54, 1.807) is 34.5 Å². The third-order valence-electron chi connectivity index (χ3n) is 3.70. The number of aryl methyl sites for hydroxylation is 1. The van der Waals surface area contributed by atoms with Gasteiger partial charge in [0.25, 0.3) is 5.56 Å². The van der Waals surface area contributed by atoms with E-state index in [0.29, 0.717) is 32.9 Å². The molecule has 26 heavy (non-hydrogen) atoms. The SMILES string of the molecule is Cc1csc2nc(CN(C)CC(=O)Nc3c(Cl)cccc3Cl)cc(=O)n12. The van der Waals surface area contributed by atoms with Crippen molar-refractivity contribution in [3.8, 4) is 0 Å². The number of fused-ring (bicyclic) bond motifs is 1. The number of carbonyl (C=O) groups excluding carboxylic acids is 1. The zero-order valence-corrected chi connectivity index (χ0v) is 16.5. The van der Waals surface area contributed by atoms with Crippen molar-refractivity contribution in [3.05, 3.63) is 61.4 Å². The molecule has 0 spiro atoms. The van der Waals surface area contributed by atoms with Crippen molar-refractivity contribution in [3.63, 3.8) is 0 Å². The topological polar surface area (TPSA) is 66.7 Å². The van der Waals surface area contributed by atoms with Gasteiger partial charge in [0.1, 0.15) is 0 Å². The van der Waals surface area contributed by atoms with E-state index < -0.39 is 0 Å². The van der Waals surface area contributed by atoms with Gasteiger partial charge < -0.3 is 5.32 Å². The van der Waals surface area contributed by atoms with Crippen LogP contribution in [0.1, 0.15) is 11.4 Å². The largest absolute Gasteiger partial charge is 0.322 e. The molecule has 9 heteroatoms. The number of rotatable bonds is 5. The maximum absolute atomic E-state index is 12.2. The lowest BCUT2D eigenvalue weighted by molar-refractivity contribution is -0.117. The van der Waals surface area contributed by atoms with Gasteiger partial charge in [0.05, 0.1) is 28.0 Å². The number of carbonyl (C=O) groups is 1. The van der Waals surface area contributed by atoms with Crippen LogP contribution in [0.2, 0.25) is 10.0 Å². The highest BCUT2D eigenvalue weighted by atomic mass is 35.5. The molecule has 0 unspecified atom stereocenters. The minimum absolute atomic E-state index is 0.103. The first-order valence-corrected chi connectivity index (χ1v) is 9.38. The average Bonchev–Trinajstić information content (AvgIpc) is 2.92. The van der Waals surface area contributed by atoms with Crippen molar-refractivity contribution in [2.45, 2.75) is 13.5 Å². The number of hydrogen-bond acceptors (Lipinski definition) is 5. The molecule has 0 aliphatic carbocycles. The van der Waals surface area contributed by atoms with E-state index in [4.69, 9.17) is 23.2 Å². The molecule has 0 aliphatic rings. The van der Waals surface area contributed by atoms with Crippen molar-refractivity contribution in [1.29, 1.82) is 0 Å². The minimum Gasteiger partial charge on any atom is -0.322 e.